The maximum atomic E-state index is 12.7. The molecule has 2 heterocycles. The summed E-state index contributed by atoms with van der Waals surface area (Å²) in [6.07, 6.45) is 0. The zero-order valence-corrected chi connectivity index (χ0v) is 15.4. The van der Waals surface area contributed by atoms with Gasteiger partial charge in [-0.2, -0.15) is 13.2 Å². The molecular weight excluding hydrogens is 413 g/mol. The van der Waals surface area contributed by atoms with Gasteiger partial charge in [0.25, 0.3) is 15.5 Å². The number of alkyl halides is 3. The highest BCUT2D eigenvalue weighted by Gasteiger charge is 2.47. The van der Waals surface area contributed by atoms with Crippen molar-refractivity contribution in [1.29, 1.82) is 0 Å². The Labute approximate surface area is 162 Å². The van der Waals surface area contributed by atoms with Gasteiger partial charge in [-0.3, -0.25) is 10.1 Å². The van der Waals surface area contributed by atoms with Gasteiger partial charge in [-0.15, -0.1) is 0 Å². The predicted octanol–water partition coefficient (Wildman–Crippen LogP) is 3.37. The molecule has 0 unspecified atom stereocenters. The van der Waals surface area contributed by atoms with Gasteiger partial charge in [0, 0.05) is 19.2 Å². The van der Waals surface area contributed by atoms with Crippen LogP contribution in [0.2, 0.25) is 0 Å². The molecule has 0 amide bonds. The van der Waals surface area contributed by atoms with Gasteiger partial charge in [0.15, 0.2) is 0 Å². The van der Waals surface area contributed by atoms with E-state index < -0.39 is 30.9 Å². The van der Waals surface area contributed by atoms with E-state index in [2.05, 4.69) is 9.97 Å². The summed E-state index contributed by atoms with van der Waals surface area (Å²) in [4.78, 5) is 18.5. The lowest BCUT2D eigenvalue weighted by molar-refractivity contribution is -0.384. The van der Waals surface area contributed by atoms with Gasteiger partial charge in [-0.1, -0.05) is 12.1 Å². The number of hydrogen-bond donors (Lipinski definition) is 1. The Balaban J connectivity index is 1.60. The maximum absolute atomic E-state index is 12.7. The van der Waals surface area contributed by atoms with Crippen LogP contribution in [0.5, 0.6) is 0 Å². The van der Waals surface area contributed by atoms with Crippen LogP contribution in [-0.4, -0.2) is 41.9 Å². The predicted molar refractivity (Wildman–Crippen MR) is 97.4 cm³/mol. The van der Waals surface area contributed by atoms with Crippen molar-refractivity contribution in [2.75, 3.05) is 18.0 Å². The standard InChI is InChI=1S/C17H13F3N4O4S/c18-17(19,20)29(27,28)11-5-6-14(15(7-11)24(25)26)23-8-10(9-23)16-21-12-3-1-2-4-13(12)22-16/h1-7,10H,8-9H2,(H,21,22). The third-order valence-corrected chi connectivity index (χ3v) is 6.26. The number of halogens is 3. The van der Waals surface area contributed by atoms with Crippen LogP contribution >= 0.6 is 0 Å². The van der Waals surface area contributed by atoms with Crippen LogP contribution in [0, 0.1) is 10.1 Å². The second-order valence-corrected chi connectivity index (χ2v) is 8.54. The van der Waals surface area contributed by atoms with Crippen LogP contribution in [0.1, 0.15) is 11.7 Å². The number of nitrogens with one attached hydrogen (secondary N) is 1. The van der Waals surface area contributed by atoms with Gasteiger partial charge in [0.05, 0.1) is 26.8 Å². The van der Waals surface area contributed by atoms with E-state index in [1.165, 1.54) is 0 Å². The van der Waals surface area contributed by atoms with Crippen LogP contribution in [0.4, 0.5) is 24.5 Å². The van der Waals surface area contributed by atoms with E-state index in [1.807, 2.05) is 24.3 Å². The van der Waals surface area contributed by atoms with Crippen molar-refractivity contribution in [3.05, 3.63) is 58.4 Å². The molecule has 0 aliphatic carbocycles. The van der Waals surface area contributed by atoms with Crippen molar-refractivity contribution in [2.45, 2.75) is 16.3 Å². The molecule has 0 spiro atoms. The lowest BCUT2D eigenvalue weighted by Crippen LogP contribution is -2.45. The molecule has 2 aromatic carbocycles. The second-order valence-electron chi connectivity index (χ2n) is 6.60. The highest BCUT2D eigenvalue weighted by Crippen LogP contribution is 2.39. The minimum absolute atomic E-state index is 0.0411. The molecule has 3 aromatic rings. The van der Waals surface area contributed by atoms with E-state index in [0.717, 1.165) is 23.2 Å². The molecule has 8 nitrogen and oxygen atoms in total. The number of fused-ring (bicyclic) bond motifs is 1. The minimum Gasteiger partial charge on any atom is -0.364 e. The number of anilines is 1. The molecule has 0 radical (unpaired) electrons. The highest BCUT2D eigenvalue weighted by atomic mass is 32.2. The number of imidazole rings is 1. The third kappa shape index (κ3) is 3.18. The molecule has 1 aliphatic heterocycles. The molecule has 4 rings (SSSR count). The van der Waals surface area contributed by atoms with Crippen molar-refractivity contribution >= 4 is 32.2 Å². The van der Waals surface area contributed by atoms with Crippen LogP contribution in [0.3, 0.4) is 0 Å². The molecule has 29 heavy (non-hydrogen) atoms. The largest absolute Gasteiger partial charge is 0.501 e. The quantitative estimate of drug-likeness (QED) is 0.506. The van der Waals surface area contributed by atoms with E-state index in [4.69, 9.17) is 0 Å². The Morgan fingerprint density at radius 3 is 2.48 bits per heavy atom. The monoisotopic (exact) mass is 426 g/mol. The second kappa shape index (κ2) is 6.44. The first-order valence-corrected chi connectivity index (χ1v) is 9.85. The summed E-state index contributed by atoms with van der Waals surface area (Å²) in [5.74, 6) is 0.668. The smallest absolute Gasteiger partial charge is 0.364 e. The molecule has 1 saturated heterocycles. The lowest BCUT2D eigenvalue weighted by Gasteiger charge is -2.39. The maximum Gasteiger partial charge on any atom is 0.501 e. The summed E-state index contributed by atoms with van der Waals surface area (Å²) in [6, 6.07) is 9.64. The van der Waals surface area contributed by atoms with Gasteiger partial charge in [0.1, 0.15) is 11.5 Å². The number of para-hydroxylation sites is 2. The third-order valence-electron chi connectivity index (χ3n) is 4.78. The Morgan fingerprint density at radius 1 is 1.17 bits per heavy atom. The van der Waals surface area contributed by atoms with Gasteiger partial charge < -0.3 is 9.88 Å². The zero-order valence-electron chi connectivity index (χ0n) is 14.5. The Bertz CT molecular complexity index is 1180. The number of H-pyrrole nitrogens is 1. The first-order valence-electron chi connectivity index (χ1n) is 8.37. The molecule has 12 heteroatoms. The average molecular weight is 426 g/mol. The molecule has 0 atom stereocenters. The van der Waals surface area contributed by atoms with E-state index in [0.29, 0.717) is 25.0 Å². The SMILES string of the molecule is O=[N+]([O-])c1cc(S(=O)(=O)C(F)(F)F)ccc1N1CC(c2nc3ccccc3[nH]2)C1. The number of aromatic nitrogens is 2. The fourth-order valence-corrected chi connectivity index (χ4v) is 4.01. The van der Waals surface area contributed by atoms with Crippen molar-refractivity contribution in [1.82, 2.24) is 9.97 Å². The van der Waals surface area contributed by atoms with Gasteiger partial charge in [-0.25, -0.2) is 13.4 Å². The van der Waals surface area contributed by atoms with Crippen LogP contribution in [-0.2, 0) is 9.84 Å². The van der Waals surface area contributed by atoms with E-state index >= 15 is 0 Å². The molecule has 152 valence electrons. The van der Waals surface area contributed by atoms with Crippen molar-refractivity contribution < 1.29 is 26.5 Å². The van der Waals surface area contributed by atoms with Crippen LogP contribution in [0.25, 0.3) is 11.0 Å². The molecule has 1 aliphatic rings. The molecule has 1 fully saturated rings. The minimum atomic E-state index is -5.67. The number of hydrogen-bond acceptors (Lipinski definition) is 6. The lowest BCUT2D eigenvalue weighted by atomic mass is 9.98. The van der Waals surface area contributed by atoms with Gasteiger partial charge >= 0.3 is 5.51 Å². The van der Waals surface area contributed by atoms with Crippen molar-refractivity contribution in [2.24, 2.45) is 0 Å². The van der Waals surface area contributed by atoms with Gasteiger partial charge in [0.2, 0.25) is 0 Å². The summed E-state index contributed by atoms with van der Waals surface area (Å²) < 4.78 is 61.3. The van der Waals surface area contributed by atoms with E-state index in [9.17, 15) is 31.7 Å². The average Bonchev–Trinajstić information content (AvgIpc) is 3.02. The molecule has 1 aromatic heterocycles. The summed E-state index contributed by atoms with van der Waals surface area (Å²) in [5, 5.41) is 11.3. The summed E-state index contributed by atoms with van der Waals surface area (Å²) in [7, 11) is -5.67. The number of nitro groups is 1. The van der Waals surface area contributed by atoms with Crippen LogP contribution in [0.15, 0.2) is 47.4 Å². The first kappa shape index (κ1) is 19.2. The van der Waals surface area contributed by atoms with Crippen molar-refractivity contribution in [3.63, 3.8) is 0 Å². The molecule has 0 bridgehead atoms. The summed E-state index contributed by atoms with van der Waals surface area (Å²) >= 11 is 0. The Hall–Kier alpha value is -3.15. The number of rotatable bonds is 4. The number of nitrogens with zero attached hydrogens (tertiary/aromatic N) is 3. The number of benzene rings is 2. The topological polar surface area (TPSA) is 109 Å². The van der Waals surface area contributed by atoms with Crippen LogP contribution < -0.4 is 4.90 Å². The first-order chi connectivity index (χ1) is 13.6. The number of nitro benzene ring substituents is 1. The molecule has 0 saturated carbocycles. The van der Waals surface area contributed by atoms with E-state index in [-0.39, 0.29) is 11.6 Å². The zero-order chi connectivity index (χ0) is 21.0. The number of sulfone groups is 1. The van der Waals surface area contributed by atoms with Gasteiger partial charge in [-0.05, 0) is 24.3 Å². The van der Waals surface area contributed by atoms with E-state index in [1.54, 1.807) is 4.90 Å². The fraction of sp³-hybridized carbons (Fsp3) is 0.235. The molecule has 1 N–H and O–H groups in total. The molecular formula is C17H13F3N4O4S. The summed E-state index contributed by atoms with van der Waals surface area (Å²) in [5.41, 5.74) is -4.53. The highest BCUT2D eigenvalue weighted by molar-refractivity contribution is 7.92. The number of aromatic amines is 1. The fourth-order valence-electron chi connectivity index (χ4n) is 3.23. The Morgan fingerprint density at radius 2 is 1.86 bits per heavy atom. The Kier molecular flexibility index (Phi) is 4.26. The summed E-state index contributed by atoms with van der Waals surface area (Å²) in [6.45, 7) is 0.706. The normalized spacial score (nSPS) is 15.5. The van der Waals surface area contributed by atoms with Crippen molar-refractivity contribution in [3.8, 4) is 0 Å².